The van der Waals surface area contributed by atoms with Crippen molar-refractivity contribution in [2.75, 3.05) is 13.7 Å². The van der Waals surface area contributed by atoms with Gasteiger partial charge in [-0.15, -0.1) is 0 Å². The zero-order valence-electron chi connectivity index (χ0n) is 14.6. The normalized spacial score (nSPS) is 10.5. The second kappa shape index (κ2) is 9.60. The zero-order valence-corrected chi connectivity index (χ0v) is 14.6. The molecular formula is C19H21F2NO4. The fourth-order valence-electron chi connectivity index (χ4n) is 2.27. The second-order valence-corrected chi connectivity index (χ2v) is 5.43. The third-order valence-corrected chi connectivity index (χ3v) is 3.61. The van der Waals surface area contributed by atoms with Crippen molar-refractivity contribution in [2.45, 2.75) is 26.5 Å². The molecule has 2 aromatic carbocycles. The minimum absolute atomic E-state index is 0.0586. The Kier molecular flexibility index (Phi) is 7.20. The minimum Gasteiger partial charge on any atom is -0.493 e. The van der Waals surface area contributed by atoms with Gasteiger partial charge in [0.25, 0.3) is 5.91 Å². The number of hydrogen-bond donors (Lipinski definition) is 1. The number of nitrogens with one attached hydrogen (secondary N) is 1. The lowest BCUT2D eigenvalue weighted by atomic mass is 10.2. The van der Waals surface area contributed by atoms with Crippen LogP contribution in [0.25, 0.3) is 0 Å². The summed E-state index contributed by atoms with van der Waals surface area (Å²) in [6.45, 7) is -0.797. The number of aryl methyl sites for hydroxylation is 1. The Morgan fingerprint density at radius 3 is 2.62 bits per heavy atom. The van der Waals surface area contributed by atoms with E-state index in [1.54, 1.807) is 12.1 Å². The quantitative estimate of drug-likeness (QED) is 0.738. The van der Waals surface area contributed by atoms with Crippen LogP contribution in [0.4, 0.5) is 8.78 Å². The molecule has 2 rings (SSSR count). The summed E-state index contributed by atoms with van der Waals surface area (Å²) >= 11 is 0. The van der Waals surface area contributed by atoms with E-state index in [9.17, 15) is 13.6 Å². The summed E-state index contributed by atoms with van der Waals surface area (Å²) in [5, 5.41) is 2.70. The monoisotopic (exact) mass is 365 g/mol. The number of hydrogen-bond acceptors (Lipinski definition) is 4. The van der Waals surface area contributed by atoms with Gasteiger partial charge >= 0.3 is 6.61 Å². The Morgan fingerprint density at radius 2 is 1.92 bits per heavy atom. The third kappa shape index (κ3) is 5.91. The number of ether oxygens (including phenoxy) is 3. The summed E-state index contributed by atoms with van der Waals surface area (Å²) in [6, 6.07) is 12.0. The third-order valence-electron chi connectivity index (χ3n) is 3.61. The SMILES string of the molecule is CCc1cccc(OCC(=O)NCc2ccc(OC(F)F)c(OC)c2)c1. The molecule has 0 aromatic heterocycles. The van der Waals surface area contributed by atoms with E-state index in [2.05, 4.69) is 10.1 Å². The molecule has 0 radical (unpaired) electrons. The van der Waals surface area contributed by atoms with E-state index in [0.717, 1.165) is 12.0 Å². The van der Waals surface area contributed by atoms with Crippen molar-refractivity contribution in [1.29, 1.82) is 0 Å². The number of amides is 1. The first kappa shape index (κ1) is 19.5. The summed E-state index contributed by atoms with van der Waals surface area (Å²) < 4.78 is 39.5. The van der Waals surface area contributed by atoms with Crippen LogP contribution in [0, 0.1) is 0 Å². The van der Waals surface area contributed by atoms with E-state index in [4.69, 9.17) is 9.47 Å². The Morgan fingerprint density at radius 1 is 1.12 bits per heavy atom. The molecule has 0 fully saturated rings. The van der Waals surface area contributed by atoms with Crippen molar-refractivity contribution in [1.82, 2.24) is 5.32 Å². The standard InChI is InChI=1S/C19H21F2NO4/c1-3-13-5-4-6-15(9-13)25-12-18(23)22-11-14-7-8-16(26-19(20)21)17(10-14)24-2/h4-10,19H,3,11-12H2,1-2H3,(H,22,23). The van der Waals surface area contributed by atoms with Gasteiger partial charge in [-0.05, 0) is 41.8 Å². The van der Waals surface area contributed by atoms with Gasteiger partial charge < -0.3 is 19.5 Å². The smallest absolute Gasteiger partial charge is 0.387 e. The van der Waals surface area contributed by atoms with Crippen molar-refractivity contribution in [2.24, 2.45) is 0 Å². The first-order valence-electron chi connectivity index (χ1n) is 8.12. The van der Waals surface area contributed by atoms with Gasteiger partial charge in [-0.1, -0.05) is 25.1 Å². The van der Waals surface area contributed by atoms with E-state index in [1.807, 2.05) is 25.1 Å². The van der Waals surface area contributed by atoms with E-state index in [0.29, 0.717) is 11.3 Å². The molecule has 0 saturated heterocycles. The Bertz CT molecular complexity index is 737. The Hall–Kier alpha value is -2.83. The van der Waals surface area contributed by atoms with Gasteiger partial charge in [-0.2, -0.15) is 8.78 Å². The molecule has 5 nitrogen and oxygen atoms in total. The number of benzene rings is 2. The van der Waals surface area contributed by atoms with Gasteiger partial charge in [-0.25, -0.2) is 0 Å². The van der Waals surface area contributed by atoms with Gasteiger partial charge in [-0.3, -0.25) is 4.79 Å². The number of carbonyl (C=O) groups excluding carboxylic acids is 1. The Labute approximate surface area is 150 Å². The zero-order chi connectivity index (χ0) is 18.9. The van der Waals surface area contributed by atoms with E-state index >= 15 is 0 Å². The molecule has 0 aliphatic rings. The average molecular weight is 365 g/mol. The van der Waals surface area contributed by atoms with Crippen LogP contribution >= 0.6 is 0 Å². The van der Waals surface area contributed by atoms with Gasteiger partial charge in [0.1, 0.15) is 5.75 Å². The molecule has 0 spiro atoms. The maximum atomic E-state index is 12.3. The second-order valence-electron chi connectivity index (χ2n) is 5.43. The van der Waals surface area contributed by atoms with Gasteiger partial charge in [0, 0.05) is 6.54 Å². The lowest BCUT2D eigenvalue weighted by Crippen LogP contribution is -2.28. The van der Waals surface area contributed by atoms with Crippen LogP contribution in [0.1, 0.15) is 18.1 Å². The van der Waals surface area contributed by atoms with E-state index in [1.165, 1.54) is 19.2 Å². The van der Waals surface area contributed by atoms with Crippen molar-refractivity contribution in [3.63, 3.8) is 0 Å². The van der Waals surface area contributed by atoms with E-state index < -0.39 is 6.61 Å². The molecule has 7 heteroatoms. The van der Waals surface area contributed by atoms with Crippen molar-refractivity contribution in [3.8, 4) is 17.2 Å². The summed E-state index contributed by atoms with van der Waals surface area (Å²) in [4.78, 5) is 11.9. The predicted octanol–water partition coefficient (Wildman–Crippen LogP) is 3.55. The molecule has 0 unspecified atom stereocenters. The molecule has 0 saturated carbocycles. The van der Waals surface area contributed by atoms with E-state index in [-0.39, 0.29) is 30.6 Å². The van der Waals surface area contributed by atoms with Crippen LogP contribution in [0.15, 0.2) is 42.5 Å². The lowest BCUT2D eigenvalue weighted by molar-refractivity contribution is -0.123. The topological polar surface area (TPSA) is 56.8 Å². The largest absolute Gasteiger partial charge is 0.493 e. The molecule has 2 aromatic rings. The van der Waals surface area contributed by atoms with Crippen molar-refractivity contribution in [3.05, 3.63) is 53.6 Å². The summed E-state index contributed by atoms with van der Waals surface area (Å²) in [7, 11) is 1.36. The summed E-state index contributed by atoms with van der Waals surface area (Å²) in [5.74, 6) is 0.454. The number of alkyl halides is 2. The highest BCUT2D eigenvalue weighted by atomic mass is 19.3. The number of rotatable bonds is 9. The number of carbonyl (C=O) groups is 1. The van der Waals surface area contributed by atoms with Crippen LogP contribution in [-0.4, -0.2) is 26.2 Å². The number of methoxy groups -OCH3 is 1. The molecule has 0 bridgehead atoms. The maximum Gasteiger partial charge on any atom is 0.387 e. The molecule has 140 valence electrons. The molecule has 1 amide bonds. The van der Waals surface area contributed by atoms with Crippen molar-refractivity contribution < 1.29 is 27.8 Å². The maximum absolute atomic E-state index is 12.3. The lowest BCUT2D eigenvalue weighted by Gasteiger charge is -2.12. The Balaban J connectivity index is 1.86. The minimum atomic E-state index is -2.93. The fraction of sp³-hybridized carbons (Fsp3) is 0.316. The van der Waals surface area contributed by atoms with Gasteiger partial charge in [0.15, 0.2) is 18.1 Å². The summed E-state index contributed by atoms with van der Waals surface area (Å²) in [6.07, 6.45) is 0.885. The number of halogens is 2. The highest BCUT2D eigenvalue weighted by Gasteiger charge is 2.11. The van der Waals surface area contributed by atoms with Crippen molar-refractivity contribution >= 4 is 5.91 Å². The summed E-state index contributed by atoms with van der Waals surface area (Å²) in [5.41, 5.74) is 1.81. The highest BCUT2D eigenvalue weighted by Crippen LogP contribution is 2.29. The van der Waals surface area contributed by atoms with Crippen LogP contribution in [0.5, 0.6) is 17.2 Å². The molecular weight excluding hydrogens is 344 g/mol. The van der Waals surface area contributed by atoms with Crippen LogP contribution in [-0.2, 0) is 17.8 Å². The van der Waals surface area contributed by atoms with Gasteiger partial charge in [0.05, 0.1) is 7.11 Å². The molecule has 26 heavy (non-hydrogen) atoms. The highest BCUT2D eigenvalue weighted by molar-refractivity contribution is 5.77. The first-order chi connectivity index (χ1) is 12.5. The molecule has 0 heterocycles. The molecule has 0 aliphatic carbocycles. The predicted molar refractivity (Wildman–Crippen MR) is 92.8 cm³/mol. The van der Waals surface area contributed by atoms with Crippen LogP contribution in [0.2, 0.25) is 0 Å². The molecule has 1 N–H and O–H groups in total. The van der Waals surface area contributed by atoms with Crippen LogP contribution in [0.3, 0.4) is 0 Å². The fourth-order valence-corrected chi connectivity index (χ4v) is 2.27. The average Bonchev–Trinajstić information content (AvgIpc) is 2.65. The van der Waals surface area contributed by atoms with Gasteiger partial charge in [0.2, 0.25) is 0 Å². The molecule has 0 aliphatic heterocycles. The first-order valence-corrected chi connectivity index (χ1v) is 8.12. The molecule has 0 atom stereocenters. The van der Waals surface area contributed by atoms with Crippen LogP contribution < -0.4 is 19.5 Å².